The van der Waals surface area contributed by atoms with E-state index < -0.39 is 9.84 Å². The lowest BCUT2D eigenvalue weighted by molar-refractivity contribution is 0.595. The van der Waals surface area contributed by atoms with Gasteiger partial charge in [-0.3, -0.25) is 4.98 Å². The normalized spacial score (nSPS) is 16.6. The maximum atomic E-state index is 11.6. The summed E-state index contributed by atoms with van der Waals surface area (Å²) < 4.78 is 22.8. The van der Waals surface area contributed by atoms with E-state index in [2.05, 4.69) is 22.5 Å². The minimum Gasteiger partial charge on any atom is -0.370 e. The second-order valence-corrected chi connectivity index (χ2v) is 8.34. The molecule has 0 unspecified atom stereocenters. The summed E-state index contributed by atoms with van der Waals surface area (Å²) in [6.45, 7) is 5.82. The maximum Gasteiger partial charge on any atom is 0.177 e. The van der Waals surface area contributed by atoms with E-state index in [0.29, 0.717) is 0 Å². The molecule has 1 saturated heterocycles. The van der Waals surface area contributed by atoms with Crippen LogP contribution in [-0.2, 0) is 14.6 Å². The van der Waals surface area contributed by atoms with Gasteiger partial charge in [-0.1, -0.05) is 0 Å². The first-order valence-electron chi connectivity index (χ1n) is 5.87. The third-order valence-electron chi connectivity index (χ3n) is 3.05. The summed E-state index contributed by atoms with van der Waals surface area (Å²) in [6, 6.07) is 1.72. The molecule has 0 N–H and O–H groups in total. The van der Waals surface area contributed by atoms with Gasteiger partial charge in [0.15, 0.2) is 9.84 Å². The van der Waals surface area contributed by atoms with Crippen LogP contribution in [0.4, 0.5) is 5.69 Å². The van der Waals surface area contributed by atoms with Crippen LogP contribution < -0.4 is 4.90 Å². The molecule has 1 aromatic heterocycles. The van der Waals surface area contributed by atoms with Gasteiger partial charge in [-0.2, -0.15) is 12.6 Å². The average Bonchev–Trinajstić information content (AvgIpc) is 2.11. The van der Waals surface area contributed by atoms with Crippen molar-refractivity contribution in [2.45, 2.75) is 29.9 Å². The minimum absolute atomic E-state index is 0.269. The highest BCUT2D eigenvalue weighted by Gasteiger charge is 2.27. The van der Waals surface area contributed by atoms with Crippen molar-refractivity contribution in [1.82, 2.24) is 4.98 Å². The van der Waals surface area contributed by atoms with Gasteiger partial charge in [-0.05, 0) is 26.3 Å². The predicted octanol–water partition coefficient (Wildman–Crippen LogP) is 1.86. The van der Waals surface area contributed by atoms with E-state index >= 15 is 0 Å². The molecule has 18 heavy (non-hydrogen) atoms. The van der Waals surface area contributed by atoms with Crippen LogP contribution in [0, 0.1) is 0 Å². The Labute approximate surface area is 114 Å². The summed E-state index contributed by atoms with van der Waals surface area (Å²) in [7, 11) is -3.22. The Kier molecular flexibility index (Phi) is 3.36. The molecule has 0 saturated carbocycles. The predicted molar refractivity (Wildman–Crippen MR) is 76.2 cm³/mol. The molecule has 0 aliphatic carbocycles. The molecule has 0 bridgehead atoms. The molecule has 4 nitrogen and oxygen atoms in total. The van der Waals surface area contributed by atoms with Crippen molar-refractivity contribution < 1.29 is 8.42 Å². The first kappa shape index (κ1) is 13.7. The third kappa shape index (κ3) is 2.64. The number of rotatable bonds is 3. The Morgan fingerprint density at radius 2 is 2.00 bits per heavy atom. The minimum atomic E-state index is -3.22. The Bertz CT molecular complexity index is 558. The summed E-state index contributed by atoms with van der Waals surface area (Å²) >= 11 is 4.54. The number of hydrogen-bond donors (Lipinski definition) is 1. The molecule has 1 aliphatic heterocycles. The van der Waals surface area contributed by atoms with Gasteiger partial charge in [0.2, 0.25) is 0 Å². The van der Waals surface area contributed by atoms with Crippen LogP contribution in [-0.4, -0.2) is 32.7 Å². The van der Waals surface area contributed by atoms with E-state index in [4.69, 9.17) is 0 Å². The van der Waals surface area contributed by atoms with Crippen LogP contribution in [0.5, 0.6) is 0 Å². The van der Waals surface area contributed by atoms with E-state index in [1.165, 1.54) is 12.5 Å². The van der Waals surface area contributed by atoms with Gasteiger partial charge >= 0.3 is 0 Å². The van der Waals surface area contributed by atoms with Gasteiger partial charge < -0.3 is 4.90 Å². The van der Waals surface area contributed by atoms with Crippen LogP contribution in [0.15, 0.2) is 17.2 Å². The molecule has 0 atom stereocenters. The summed E-state index contributed by atoms with van der Waals surface area (Å²) in [5, 5.41) is 0. The fraction of sp³-hybridized carbons (Fsp3) is 0.583. The SMILES string of the molecule is CC(C)(S)c1ncc(S(C)(=O)=O)cc1N1CCC1. The summed E-state index contributed by atoms with van der Waals surface area (Å²) in [4.78, 5) is 6.74. The zero-order valence-electron chi connectivity index (χ0n) is 10.8. The Morgan fingerprint density at radius 1 is 1.39 bits per heavy atom. The fourth-order valence-corrected chi connectivity index (χ4v) is 2.65. The van der Waals surface area contributed by atoms with E-state index in [1.807, 2.05) is 13.8 Å². The highest BCUT2D eigenvalue weighted by atomic mass is 32.2. The van der Waals surface area contributed by atoms with Crippen LogP contribution in [0.2, 0.25) is 0 Å². The van der Waals surface area contributed by atoms with Gasteiger partial charge in [0.1, 0.15) is 0 Å². The lowest BCUT2D eigenvalue weighted by atomic mass is 10.0. The van der Waals surface area contributed by atoms with Crippen molar-refractivity contribution in [3.8, 4) is 0 Å². The fourth-order valence-electron chi connectivity index (χ4n) is 1.91. The zero-order valence-corrected chi connectivity index (χ0v) is 12.6. The first-order valence-corrected chi connectivity index (χ1v) is 8.21. The number of sulfone groups is 1. The molecular weight excluding hydrogens is 268 g/mol. The standard InChI is InChI=1S/C12H18N2O2S2/c1-12(2,17)11-10(14-5-4-6-14)7-9(8-13-11)18(3,15)16/h7-8,17H,4-6H2,1-3H3. The summed E-state index contributed by atoms with van der Waals surface area (Å²) in [6.07, 6.45) is 3.76. The number of hydrogen-bond acceptors (Lipinski definition) is 5. The third-order valence-corrected chi connectivity index (χ3v) is 4.34. The Hall–Kier alpha value is -0.750. The van der Waals surface area contributed by atoms with Gasteiger partial charge in [0.05, 0.1) is 21.0 Å². The van der Waals surface area contributed by atoms with Crippen LogP contribution >= 0.6 is 12.6 Å². The van der Waals surface area contributed by atoms with Crippen LogP contribution in [0.3, 0.4) is 0 Å². The molecule has 1 aliphatic rings. The van der Waals surface area contributed by atoms with Crippen molar-refractivity contribution >= 4 is 28.2 Å². The van der Waals surface area contributed by atoms with Crippen molar-refractivity contribution in [3.05, 3.63) is 18.0 Å². The largest absolute Gasteiger partial charge is 0.370 e. The second-order valence-electron chi connectivity index (χ2n) is 5.21. The molecule has 100 valence electrons. The quantitative estimate of drug-likeness (QED) is 0.862. The van der Waals surface area contributed by atoms with Gasteiger partial charge in [0.25, 0.3) is 0 Å². The summed E-state index contributed by atoms with van der Waals surface area (Å²) in [5.74, 6) is 0. The lowest BCUT2D eigenvalue weighted by Crippen LogP contribution is -2.38. The smallest absolute Gasteiger partial charge is 0.177 e. The Morgan fingerprint density at radius 3 is 2.39 bits per heavy atom. The molecule has 1 aromatic rings. The molecule has 0 radical (unpaired) electrons. The lowest BCUT2D eigenvalue weighted by Gasteiger charge is -2.36. The van der Waals surface area contributed by atoms with Gasteiger partial charge in [0, 0.05) is 25.5 Å². The maximum absolute atomic E-state index is 11.6. The summed E-state index contributed by atoms with van der Waals surface area (Å²) in [5.41, 5.74) is 1.72. The highest BCUT2D eigenvalue weighted by molar-refractivity contribution is 7.90. The number of pyridine rings is 1. The van der Waals surface area contributed by atoms with Crippen molar-refractivity contribution in [3.63, 3.8) is 0 Å². The van der Waals surface area contributed by atoms with Gasteiger partial charge in [-0.15, -0.1) is 0 Å². The second kappa shape index (κ2) is 4.42. The monoisotopic (exact) mass is 286 g/mol. The molecule has 0 amide bonds. The van der Waals surface area contributed by atoms with Crippen LogP contribution in [0.25, 0.3) is 0 Å². The molecule has 1 fully saturated rings. The number of thiol groups is 1. The number of anilines is 1. The highest BCUT2D eigenvalue weighted by Crippen LogP contribution is 2.36. The zero-order chi connectivity index (χ0) is 13.6. The average molecular weight is 286 g/mol. The topological polar surface area (TPSA) is 50.3 Å². The van der Waals surface area contributed by atoms with Crippen molar-refractivity contribution in [2.75, 3.05) is 24.2 Å². The van der Waals surface area contributed by atoms with E-state index in [-0.39, 0.29) is 9.64 Å². The first-order chi connectivity index (χ1) is 8.19. The molecule has 6 heteroatoms. The van der Waals surface area contributed by atoms with Gasteiger partial charge in [-0.25, -0.2) is 8.42 Å². The Balaban J connectivity index is 2.55. The van der Waals surface area contributed by atoms with Crippen molar-refractivity contribution in [1.29, 1.82) is 0 Å². The molecular formula is C12H18N2O2S2. The molecule has 0 aromatic carbocycles. The van der Waals surface area contributed by atoms with E-state index in [0.717, 1.165) is 30.9 Å². The van der Waals surface area contributed by atoms with Crippen molar-refractivity contribution in [2.24, 2.45) is 0 Å². The molecule has 2 heterocycles. The molecule has 2 rings (SSSR count). The number of aromatic nitrogens is 1. The van der Waals surface area contributed by atoms with Crippen LogP contribution in [0.1, 0.15) is 26.0 Å². The number of nitrogens with zero attached hydrogens (tertiary/aromatic N) is 2. The molecule has 0 spiro atoms. The van der Waals surface area contributed by atoms with E-state index in [1.54, 1.807) is 6.07 Å². The van der Waals surface area contributed by atoms with E-state index in [9.17, 15) is 8.42 Å².